The van der Waals surface area contributed by atoms with Gasteiger partial charge in [-0.15, -0.1) is 11.6 Å². The van der Waals surface area contributed by atoms with Gasteiger partial charge in [0.2, 0.25) is 0 Å². The third-order valence-corrected chi connectivity index (χ3v) is 2.46. The minimum Gasteiger partial charge on any atom is -0.481 e. The standard InChI is InChI=1S/C11H8ClF2NO3/c12-4-6-1-2-9(18-11(13)14)8(5-15)7(6)3-10(16)17/h1-2,11H,3-4H2,(H,16,17). The molecule has 0 fully saturated rings. The van der Waals surface area contributed by atoms with Crippen molar-refractivity contribution in [3.05, 3.63) is 28.8 Å². The van der Waals surface area contributed by atoms with Crippen LogP contribution in [0.25, 0.3) is 0 Å². The number of nitrogens with zero attached hydrogens (tertiary/aromatic N) is 1. The average molecular weight is 276 g/mol. The smallest absolute Gasteiger partial charge is 0.387 e. The number of ether oxygens (including phenoxy) is 1. The summed E-state index contributed by atoms with van der Waals surface area (Å²) in [6.07, 6.45) is -0.481. The van der Waals surface area contributed by atoms with Crippen LogP contribution in [0.3, 0.4) is 0 Å². The SMILES string of the molecule is N#Cc1c(OC(F)F)ccc(CCl)c1CC(=O)O. The Morgan fingerprint density at radius 1 is 1.56 bits per heavy atom. The van der Waals surface area contributed by atoms with Crippen LogP contribution in [0.2, 0.25) is 0 Å². The van der Waals surface area contributed by atoms with Crippen LogP contribution in [-0.4, -0.2) is 17.7 Å². The van der Waals surface area contributed by atoms with Crippen molar-refractivity contribution in [2.75, 3.05) is 0 Å². The number of carbonyl (C=O) groups is 1. The summed E-state index contributed by atoms with van der Waals surface area (Å²) in [5.74, 6) is -1.56. The van der Waals surface area contributed by atoms with Crippen LogP contribution in [0.5, 0.6) is 5.75 Å². The summed E-state index contributed by atoms with van der Waals surface area (Å²) in [5, 5.41) is 17.7. The lowest BCUT2D eigenvalue weighted by Gasteiger charge is -2.12. The minimum absolute atomic E-state index is 0.0216. The van der Waals surface area contributed by atoms with E-state index in [9.17, 15) is 13.6 Å². The second-order valence-corrected chi connectivity index (χ2v) is 3.54. The molecule has 0 aliphatic heterocycles. The molecular formula is C11H8ClF2NO3. The van der Waals surface area contributed by atoms with Crippen molar-refractivity contribution in [2.24, 2.45) is 0 Å². The molecule has 0 bridgehead atoms. The average Bonchev–Trinajstić information content (AvgIpc) is 2.28. The van der Waals surface area contributed by atoms with Gasteiger partial charge < -0.3 is 9.84 Å². The number of halogens is 3. The Balaban J connectivity index is 3.33. The first kappa shape index (κ1) is 14.2. The highest BCUT2D eigenvalue weighted by Crippen LogP contribution is 2.28. The molecule has 1 aromatic rings. The molecule has 0 unspecified atom stereocenters. The highest BCUT2D eigenvalue weighted by molar-refractivity contribution is 6.17. The summed E-state index contributed by atoms with van der Waals surface area (Å²) < 4.78 is 28.4. The highest BCUT2D eigenvalue weighted by Gasteiger charge is 2.18. The molecule has 0 aromatic heterocycles. The maximum atomic E-state index is 12.1. The van der Waals surface area contributed by atoms with E-state index in [4.69, 9.17) is 22.0 Å². The lowest BCUT2D eigenvalue weighted by molar-refractivity contribution is -0.136. The number of alkyl halides is 3. The fourth-order valence-electron chi connectivity index (χ4n) is 1.46. The van der Waals surface area contributed by atoms with Gasteiger partial charge in [-0.3, -0.25) is 4.79 Å². The first-order valence-corrected chi connectivity index (χ1v) is 5.30. The van der Waals surface area contributed by atoms with Gasteiger partial charge in [0.05, 0.1) is 12.0 Å². The Morgan fingerprint density at radius 3 is 2.67 bits per heavy atom. The van der Waals surface area contributed by atoms with Gasteiger partial charge >= 0.3 is 12.6 Å². The molecule has 0 radical (unpaired) electrons. The Labute approximate surface area is 106 Å². The largest absolute Gasteiger partial charge is 0.481 e. The van der Waals surface area contributed by atoms with Crippen LogP contribution >= 0.6 is 11.6 Å². The maximum Gasteiger partial charge on any atom is 0.387 e. The van der Waals surface area contributed by atoms with Gasteiger partial charge in [-0.2, -0.15) is 14.0 Å². The normalized spacial score (nSPS) is 10.2. The fourth-order valence-corrected chi connectivity index (χ4v) is 1.71. The summed E-state index contributed by atoms with van der Waals surface area (Å²) in [5.41, 5.74) is 0.270. The van der Waals surface area contributed by atoms with Crippen molar-refractivity contribution in [1.29, 1.82) is 5.26 Å². The van der Waals surface area contributed by atoms with Gasteiger partial charge in [0.25, 0.3) is 0 Å². The third kappa shape index (κ3) is 3.31. The van der Waals surface area contributed by atoms with Gasteiger partial charge in [0.15, 0.2) is 0 Å². The molecule has 1 rings (SSSR count). The molecular weight excluding hydrogens is 268 g/mol. The maximum absolute atomic E-state index is 12.1. The summed E-state index contributed by atoms with van der Waals surface area (Å²) in [6, 6.07) is 4.21. The zero-order valence-corrected chi connectivity index (χ0v) is 9.75. The summed E-state index contributed by atoms with van der Waals surface area (Å²) in [6.45, 7) is -3.09. The van der Waals surface area contributed by atoms with Crippen molar-refractivity contribution in [3.63, 3.8) is 0 Å². The predicted molar refractivity (Wildman–Crippen MR) is 58.7 cm³/mol. The number of hydrogen-bond donors (Lipinski definition) is 1. The number of benzene rings is 1. The summed E-state index contributed by atoms with van der Waals surface area (Å²) >= 11 is 5.61. The molecule has 0 amide bonds. The number of nitriles is 1. The molecule has 0 aliphatic carbocycles. The summed E-state index contributed by atoms with van der Waals surface area (Å²) in [7, 11) is 0. The van der Waals surface area contributed by atoms with E-state index in [2.05, 4.69) is 4.74 Å². The number of hydrogen-bond acceptors (Lipinski definition) is 3. The second kappa shape index (κ2) is 6.17. The lowest BCUT2D eigenvalue weighted by atomic mass is 9.99. The van der Waals surface area contributed by atoms with Crippen molar-refractivity contribution in [3.8, 4) is 11.8 Å². The van der Waals surface area contributed by atoms with E-state index in [0.29, 0.717) is 5.56 Å². The van der Waals surface area contributed by atoms with Gasteiger partial charge in [0, 0.05) is 5.88 Å². The van der Waals surface area contributed by atoms with E-state index in [0.717, 1.165) is 0 Å². The van der Waals surface area contributed by atoms with Gasteiger partial charge in [-0.25, -0.2) is 0 Å². The van der Waals surface area contributed by atoms with E-state index in [1.165, 1.54) is 12.1 Å². The number of carboxylic acids is 1. The van der Waals surface area contributed by atoms with E-state index < -0.39 is 19.0 Å². The first-order valence-electron chi connectivity index (χ1n) is 4.77. The molecule has 1 N–H and O–H groups in total. The first-order chi connectivity index (χ1) is 8.49. The minimum atomic E-state index is -3.09. The zero-order valence-electron chi connectivity index (χ0n) is 8.99. The monoisotopic (exact) mass is 275 g/mol. The summed E-state index contributed by atoms with van der Waals surface area (Å²) in [4.78, 5) is 10.7. The molecule has 4 nitrogen and oxygen atoms in total. The molecule has 0 saturated carbocycles. The van der Waals surface area contributed by atoms with Gasteiger partial charge in [-0.05, 0) is 17.2 Å². The Bertz CT molecular complexity index is 500. The highest BCUT2D eigenvalue weighted by atomic mass is 35.5. The van der Waals surface area contributed by atoms with Crippen LogP contribution in [-0.2, 0) is 17.1 Å². The zero-order chi connectivity index (χ0) is 13.7. The molecule has 18 heavy (non-hydrogen) atoms. The fraction of sp³-hybridized carbons (Fsp3) is 0.273. The molecule has 0 atom stereocenters. The molecule has 96 valence electrons. The topological polar surface area (TPSA) is 70.3 Å². The van der Waals surface area contributed by atoms with Gasteiger partial charge in [0.1, 0.15) is 11.8 Å². The quantitative estimate of drug-likeness (QED) is 0.838. The molecule has 0 heterocycles. The van der Waals surface area contributed by atoms with Crippen molar-refractivity contribution < 1.29 is 23.4 Å². The van der Waals surface area contributed by atoms with E-state index in [-0.39, 0.29) is 22.8 Å². The lowest BCUT2D eigenvalue weighted by Crippen LogP contribution is -2.09. The van der Waals surface area contributed by atoms with Crippen molar-refractivity contribution in [1.82, 2.24) is 0 Å². The van der Waals surface area contributed by atoms with E-state index in [1.54, 1.807) is 6.07 Å². The van der Waals surface area contributed by atoms with Crippen LogP contribution in [0.4, 0.5) is 8.78 Å². The molecule has 1 aromatic carbocycles. The Kier molecular flexibility index (Phi) is 4.86. The van der Waals surface area contributed by atoms with Crippen LogP contribution in [0, 0.1) is 11.3 Å². The molecule has 7 heteroatoms. The van der Waals surface area contributed by atoms with Crippen LogP contribution in [0.1, 0.15) is 16.7 Å². The Hall–Kier alpha value is -1.87. The number of carboxylic acid groups (broad SMARTS) is 1. The van der Waals surface area contributed by atoms with Gasteiger partial charge in [-0.1, -0.05) is 6.07 Å². The van der Waals surface area contributed by atoms with E-state index in [1.807, 2.05) is 0 Å². The number of rotatable bonds is 5. The molecule has 0 saturated heterocycles. The molecule has 0 aliphatic rings. The van der Waals surface area contributed by atoms with Crippen LogP contribution in [0.15, 0.2) is 12.1 Å². The second-order valence-electron chi connectivity index (χ2n) is 3.27. The van der Waals surface area contributed by atoms with Crippen molar-refractivity contribution >= 4 is 17.6 Å². The predicted octanol–water partition coefficient (Wildman–Crippen LogP) is 2.53. The van der Waals surface area contributed by atoms with Crippen LogP contribution < -0.4 is 4.74 Å². The third-order valence-electron chi connectivity index (χ3n) is 2.17. The van der Waals surface area contributed by atoms with Crippen molar-refractivity contribution in [2.45, 2.75) is 18.9 Å². The number of aliphatic carboxylic acids is 1. The molecule has 0 spiro atoms. The Morgan fingerprint density at radius 2 is 2.22 bits per heavy atom. The van der Waals surface area contributed by atoms with E-state index >= 15 is 0 Å².